The van der Waals surface area contributed by atoms with Crippen LogP contribution in [0.2, 0.25) is 0 Å². The number of fused-ring (bicyclic) bond motifs is 8. The Morgan fingerprint density at radius 1 is 0.380 bits per heavy atom. The number of thiazole rings is 1. The maximum absolute atomic E-state index is 5.26. The van der Waals surface area contributed by atoms with Gasteiger partial charge in [-0.25, -0.2) is 4.98 Å². The molecule has 234 valence electrons. The molecule has 0 fully saturated rings. The minimum Gasteiger partial charge on any atom is -0.310 e. The Hall–Kier alpha value is -6.29. The fourth-order valence-electron chi connectivity index (χ4n) is 7.41. The van der Waals surface area contributed by atoms with Crippen LogP contribution in [0.1, 0.15) is 0 Å². The van der Waals surface area contributed by atoms with Gasteiger partial charge in [-0.3, -0.25) is 0 Å². The van der Waals surface area contributed by atoms with E-state index in [1.807, 2.05) is 0 Å². The van der Waals surface area contributed by atoms with E-state index in [1.54, 1.807) is 11.3 Å². The average molecular weight is 655 g/mol. The minimum absolute atomic E-state index is 1.05. The van der Waals surface area contributed by atoms with Gasteiger partial charge in [-0.1, -0.05) is 146 Å². The third-order valence-electron chi connectivity index (χ3n) is 9.84. The van der Waals surface area contributed by atoms with Crippen LogP contribution in [0, 0.1) is 0 Å². The summed E-state index contributed by atoms with van der Waals surface area (Å²) in [7, 11) is 0. The molecule has 9 aromatic carbocycles. The lowest BCUT2D eigenvalue weighted by molar-refractivity contribution is 1.30. The first-order valence-electron chi connectivity index (χ1n) is 17.0. The largest absolute Gasteiger partial charge is 0.310 e. The quantitative estimate of drug-likeness (QED) is 0.172. The lowest BCUT2D eigenvalue weighted by atomic mass is 9.96. The molecule has 10 aromatic rings. The summed E-state index contributed by atoms with van der Waals surface area (Å²) >= 11 is 1.78. The molecule has 3 heteroatoms. The van der Waals surface area contributed by atoms with Crippen LogP contribution in [0.15, 0.2) is 182 Å². The lowest BCUT2D eigenvalue weighted by Crippen LogP contribution is -2.10. The molecule has 0 N–H and O–H groups in total. The first kappa shape index (κ1) is 28.7. The highest BCUT2D eigenvalue weighted by Crippen LogP contribution is 2.43. The van der Waals surface area contributed by atoms with Gasteiger partial charge >= 0.3 is 0 Å². The summed E-state index contributed by atoms with van der Waals surface area (Å²) in [5, 5.41) is 10.9. The summed E-state index contributed by atoms with van der Waals surface area (Å²) in [4.78, 5) is 7.64. The van der Waals surface area contributed by atoms with Crippen molar-refractivity contribution in [2.45, 2.75) is 0 Å². The second kappa shape index (κ2) is 11.7. The molecule has 10 rings (SSSR count). The molecule has 50 heavy (non-hydrogen) atoms. The smallest absolute Gasteiger partial charge is 0.124 e. The molecule has 0 saturated heterocycles. The molecule has 0 aliphatic rings. The SMILES string of the molecule is c1ccc(-c2nc3c4cc(-c5ccc(N(c6ccc7ccccc7c6)c6cccc7ccccc67)cc5)ccc4c4ccccc4c3s2)cc1. The summed E-state index contributed by atoms with van der Waals surface area (Å²) in [6.07, 6.45) is 0. The molecule has 2 nitrogen and oxygen atoms in total. The Morgan fingerprint density at radius 3 is 1.86 bits per heavy atom. The number of nitrogens with zero attached hydrogens (tertiary/aromatic N) is 2. The summed E-state index contributed by atoms with van der Waals surface area (Å²) in [5.41, 5.74) is 7.97. The predicted octanol–water partition coefficient (Wildman–Crippen LogP) is 13.7. The lowest BCUT2D eigenvalue weighted by Gasteiger charge is -2.27. The number of hydrogen-bond acceptors (Lipinski definition) is 3. The van der Waals surface area contributed by atoms with Gasteiger partial charge in [-0.15, -0.1) is 11.3 Å². The zero-order valence-corrected chi connectivity index (χ0v) is 27.9. The molecule has 0 amide bonds. The number of hydrogen-bond donors (Lipinski definition) is 0. The molecule has 0 spiro atoms. The Kier molecular flexibility index (Phi) is 6.71. The van der Waals surface area contributed by atoms with Crippen LogP contribution in [-0.2, 0) is 0 Å². The molecular weight excluding hydrogens is 625 g/mol. The van der Waals surface area contributed by atoms with Crippen molar-refractivity contribution in [2.75, 3.05) is 4.90 Å². The number of rotatable bonds is 5. The molecule has 0 aliphatic heterocycles. The van der Waals surface area contributed by atoms with E-state index in [-0.39, 0.29) is 0 Å². The Morgan fingerprint density at radius 2 is 1.02 bits per heavy atom. The standard InChI is InChI=1S/C47H30N2S/c1-2-13-34(14-3-1)47-48-45-43-30-36(24-28-41(43)40-18-8-9-19-42(40)46(45)50-47)32-21-25-37(26-22-32)49(38-27-23-31-11-4-5-15-35(31)29-38)44-20-10-16-33-12-6-7-17-39(33)44/h1-30H. The zero-order chi connectivity index (χ0) is 33.0. The van der Waals surface area contributed by atoms with Crippen molar-refractivity contribution in [2.24, 2.45) is 0 Å². The molecule has 0 saturated carbocycles. The van der Waals surface area contributed by atoms with Crippen LogP contribution in [0.5, 0.6) is 0 Å². The van der Waals surface area contributed by atoms with Gasteiger partial charge in [0.25, 0.3) is 0 Å². The monoisotopic (exact) mass is 654 g/mol. The fourth-order valence-corrected chi connectivity index (χ4v) is 8.53. The van der Waals surface area contributed by atoms with Crippen LogP contribution >= 0.6 is 11.3 Å². The third kappa shape index (κ3) is 4.74. The number of benzene rings is 9. The van der Waals surface area contributed by atoms with Gasteiger partial charge in [0.15, 0.2) is 0 Å². The van der Waals surface area contributed by atoms with Crippen LogP contribution in [-0.4, -0.2) is 4.98 Å². The fraction of sp³-hybridized carbons (Fsp3) is 0. The highest BCUT2D eigenvalue weighted by atomic mass is 32.1. The van der Waals surface area contributed by atoms with Crippen molar-refractivity contribution in [3.05, 3.63) is 182 Å². The van der Waals surface area contributed by atoms with Gasteiger partial charge in [-0.2, -0.15) is 0 Å². The second-order valence-electron chi connectivity index (χ2n) is 12.8. The number of anilines is 3. The molecule has 1 aromatic heterocycles. The van der Waals surface area contributed by atoms with E-state index in [0.29, 0.717) is 0 Å². The Labute approximate surface area is 294 Å². The zero-order valence-electron chi connectivity index (χ0n) is 27.1. The summed E-state index contributed by atoms with van der Waals surface area (Å²) in [5.74, 6) is 0. The molecule has 0 aliphatic carbocycles. The van der Waals surface area contributed by atoms with E-state index >= 15 is 0 Å². The number of aromatic nitrogens is 1. The second-order valence-corrected chi connectivity index (χ2v) is 13.8. The van der Waals surface area contributed by atoms with Crippen molar-refractivity contribution in [1.29, 1.82) is 0 Å². The molecule has 0 bridgehead atoms. The van der Waals surface area contributed by atoms with Crippen LogP contribution < -0.4 is 4.90 Å². The van der Waals surface area contributed by atoms with Crippen molar-refractivity contribution in [1.82, 2.24) is 4.98 Å². The van der Waals surface area contributed by atoms with Gasteiger partial charge in [-0.05, 0) is 74.5 Å². The van der Waals surface area contributed by atoms with E-state index in [9.17, 15) is 0 Å². The normalized spacial score (nSPS) is 11.6. The maximum atomic E-state index is 5.26. The third-order valence-corrected chi connectivity index (χ3v) is 11.0. The van der Waals surface area contributed by atoms with E-state index in [4.69, 9.17) is 4.98 Å². The first-order chi connectivity index (χ1) is 24.8. The first-order valence-corrected chi connectivity index (χ1v) is 17.8. The summed E-state index contributed by atoms with van der Waals surface area (Å²) in [6.45, 7) is 0. The van der Waals surface area contributed by atoms with Crippen molar-refractivity contribution < 1.29 is 0 Å². The molecule has 0 unspecified atom stereocenters. The summed E-state index contributed by atoms with van der Waals surface area (Å²) in [6, 6.07) is 65.6. The highest BCUT2D eigenvalue weighted by molar-refractivity contribution is 7.22. The average Bonchev–Trinajstić information content (AvgIpc) is 3.65. The summed E-state index contributed by atoms with van der Waals surface area (Å²) < 4.78 is 1.24. The topological polar surface area (TPSA) is 16.1 Å². The van der Waals surface area contributed by atoms with Gasteiger partial charge < -0.3 is 4.90 Å². The molecular formula is C47H30N2S. The minimum atomic E-state index is 1.05. The molecule has 0 atom stereocenters. The van der Waals surface area contributed by atoms with Gasteiger partial charge in [0.2, 0.25) is 0 Å². The highest BCUT2D eigenvalue weighted by Gasteiger charge is 2.18. The van der Waals surface area contributed by atoms with E-state index in [1.165, 1.54) is 58.9 Å². The van der Waals surface area contributed by atoms with Crippen molar-refractivity contribution in [3.8, 4) is 21.7 Å². The van der Waals surface area contributed by atoms with Crippen LogP contribution in [0.25, 0.3) is 75.0 Å². The Bertz CT molecular complexity index is 2870. The van der Waals surface area contributed by atoms with Crippen molar-refractivity contribution >= 4 is 81.7 Å². The van der Waals surface area contributed by atoms with Gasteiger partial charge in [0.05, 0.1) is 15.9 Å². The molecule has 1 heterocycles. The molecule has 0 radical (unpaired) electrons. The van der Waals surface area contributed by atoms with Crippen LogP contribution in [0.4, 0.5) is 17.1 Å². The van der Waals surface area contributed by atoms with Crippen LogP contribution in [0.3, 0.4) is 0 Å². The predicted molar refractivity (Wildman–Crippen MR) is 215 cm³/mol. The van der Waals surface area contributed by atoms with E-state index in [2.05, 4.69) is 187 Å². The van der Waals surface area contributed by atoms with Crippen molar-refractivity contribution in [3.63, 3.8) is 0 Å². The van der Waals surface area contributed by atoms with E-state index in [0.717, 1.165) is 33.1 Å². The Balaban J connectivity index is 1.12. The van der Waals surface area contributed by atoms with Gasteiger partial charge in [0, 0.05) is 33.1 Å². The maximum Gasteiger partial charge on any atom is 0.124 e. The van der Waals surface area contributed by atoms with E-state index < -0.39 is 0 Å². The van der Waals surface area contributed by atoms with Gasteiger partial charge in [0.1, 0.15) is 5.01 Å².